The number of hydrogen-bond donors (Lipinski definition) is 2. The van der Waals surface area contributed by atoms with E-state index in [0.29, 0.717) is 11.8 Å². The molecule has 0 aliphatic heterocycles. The predicted molar refractivity (Wildman–Crippen MR) is 38.5 cm³/mol. The van der Waals surface area contributed by atoms with Crippen molar-refractivity contribution in [2.45, 2.75) is 12.3 Å². The van der Waals surface area contributed by atoms with Crippen molar-refractivity contribution >= 4 is 0 Å². The van der Waals surface area contributed by atoms with Crippen LogP contribution >= 0.6 is 0 Å². The molecular weight excluding hydrogens is 126 g/mol. The molecule has 10 heavy (non-hydrogen) atoms. The molecular formula is C7H11N3. The lowest BCUT2D eigenvalue weighted by Gasteiger charge is -1.89. The SMILES string of the molecule is NCC1CC1c1ncc[nH]1. The van der Waals surface area contributed by atoms with Gasteiger partial charge in [0, 0.05) is 18.3 Å². The molecule has 0 spiro atoms. The Hall–Kier alpha value is -0.830. The lowest BCUT2D eigenvalue weighted by Crippen LogP contribution is -2.02. The molecule has 1 heterocycles. The Balaban J connectivity index is 2.05. The minimum atomic E-state index is 0.625. The van der Waals surface area contributed by atoms with E-state index in [0.717, 1.165) is 12.4 Å². The van der Waals surface area contributed by atoms with Crippen LogP contribution in [0.15, 0.2) is 12.4 Å². The van der Waals surface area contributed by atoms with Gasteiger partial charge in [0.15, 0.2) is 0 Å². The number of nitrogens with two attached hydrogens (primary N) is 1. The molecule has 3 N–H and O–H groups in total. The standard InChI is InChI=1S/C7H11N3/c8-4-5-3-6(5)7-9-1-2-10-7/h1-2,5-6H,3-4,8H2,(H,9,10). The zero-order valence-electron chi connectivity index (χ0n) is 5.75. The summed E-state index contributed by atoms with van der Waals surface area (Å²) in [6.45, 7) is 0.797. The van der Waals surface area contributed by atoms with Crippen molar-refractivity contribution in [3.8, 4) is 0 Å². The quantitative estimate of drug-likeness (QED) is 0.622. The monoisotopic (exact) mass is 137 g/mol. The molecule has 54 valence electrons. The molecule has 0 saturated heterocycles. The van der Waals surface area contributed by atoms with Gasteiger partial charge in [-0.3, -0.25) is 0 Å². The first-order valence-electron chi connectivity index (χ1n) is 3.61. The van der Waals surface area contributed by atoms with Gasteiger partial charge < -0.3 is 10.7 Å². The van der Waals surface area contributed by atoms with Crippen molar-refractivity contribution in [1.29, 1.82) is 0 Å². The van der Waals surface area contributed by atoms with E-state index < -0.39 is 0 Å². The van der Waals surface area contributed by atoms with Crippen LogP contribution in [0.5, 0.6) is 0 Å². The van der Waals surface area contributed by atoms with Crippen LogP contribution in [-0.2, 0) is 0 Å². The molecule has 0 aromatic carbocycles. The lowest BCUT2D eigenvalue weighted by molar-refractivity contribution is 0.786. The third-order valence-corrected chi connectivity index (χ3v) is 2.10. The van der Waals surface area contributed by atoms with E-state index in [2.05, 4.69) is 9.97 Å². The number of aromatic amines is 1. The van der Waals surface area contributed by atoms with Crippen LogP contribution < -0.4 is 5.73 Å². The van der Waals surface area contributed by atoms with Crippen molar-refractivity contribution in [2.75, 3.05) is 6.54 Å². The minimum Gasteiger partial charge on any atom is -0.348 e. The van der Waals surface area contributed by atoms with E-state index in [1.807, 2.05) is 6.20 Å². The molecule has 1 aromatic heterocycles. The summed E-state index contributed by atoms with van der Waals surface area (Å²) in [5.41, 5.74) is 5.49. The zero-order chi connectivity index (χ0) is 6.97. The van der Waals surface area contributed by atoms with E-state index in [1.165, 1.54) is 6.42 Å². The largest absolute Gasteiger partial charge is 0.348 e. The molecule has 3 heteroatoms. The Morgan fingerprint density at radius 1 is 1.80 bits per heavy atom. The summed E-state index contributed by atoms with van der Waals surface area (Å²) >= 11 is 0. The van der Waals surface area contributed by atoms with Gasteiger partial charge in [0.1, 0.15) is 5.82 Å². The Morgan fingerprint density at radius 3 is 3.20 bits per heavy atom. The summed E-state index contributed by atoms with van der Waals surface area (Å²) in [5.74, 6) is 2.42. The van der Waals surface area contributed by atoms with Crippen LogP contribution in [0.2, 0.25) is 0 Å². The van der Waals surface area contributed by atoms with Crippen LogP contribution in [0.3, 0.4) is 0 Å². The van der Waals surface area contributed by atoms with Crippen molar-refractivity contribution in [2.24, 2.45) is 11.7 Å². The topological polar surface area (TPSA) is 54.7 Å². The average molecular weight is 137 g/mol. The van der Waals surface area contributed by atoms with Gasteiger partial charge in [-0.25, -0.2) is 4.98 Å². The first-order chi connectivity index (χ1) is 4.92. The summed E-state index contributed by atoms with van der Waals surface area (Å²) in [7, 11) is 0. The molecule has 1 aromatic rings. The van der Waals surface area contributed by atoms with Crippen LogP contribution in [0, 0.1) is 5.92 Å². The van der Waals surface area contributed by atoms with E-state index in [-0.39, 0.29) is 0 Å². The number of H-pyrrole nitrogens is 1. The highest BCUT2D eigenvalue weighted by Gasteiger charge is 2.38. The lowest BCUT2D eigenvalue weighted by atomic mass is 10.3. The van der Waals surface area contributed by atoms with Crippen molar-refractivity contribution < 1.29 is 0 Å². The molecule has 0 amide bonds. The van der Waals surface area contributed by atoms with Gasteiger partial charge in [-0.2, -0.15) is 0 Å². The first-order valence-corrected chi connectivity index (χ1v) is 3.61. The molecule has 1 fully saturated rings. The number of nitrogens with zero attached hydrogens (tertiary/aromatic N) is 1. The van der Waals surface area contributed by atoms with E-state index in [1.54, 1.807) is 6.20 Å². The van der Waals surface area contributed by atoms with Crippen LogP contribution in [0.1, 0.15) is 18.2 Å². The van der Waals surface area contributed by atoms with Gasteiger partial charge in [0.25, 0.3) is 0 Å². The smallest absolute Gasteiger partial charge is 0.109 e. The molecule has 1 saturated carbocycles. The van der Waals surface area contributed by atoms with Crippen molar-refractivity contribution in [3.63, 3.8) is 0 Å². The Bertz CT molecular complexity index is 205. The molecule has 3 nitrogen and oxygen atoms in total. The average Bonchev–Trinajstić information content (AvgIpc) is 2.56. The summed E-state index contributed by atoms with van der Waals surface area (Å²) in [5, 5.41) is 0. The van der Waals surface area contributed by atoms with E-state index >= 15 is 0 Å². The second-order valence-electron chi connectivity index (χ2n) is 2.81. The fraction of sp³-hybridized carbons (Fsp3) is 0.571. The third kappa shape index (κ3) is 0.827. The molecule has 0 bridgehead atoms. The molecule has 2 atom stereocenters. The maximum Gasteiger partial charge on any atom is 0.109 e. The highest BCUT2D eigenvalue weighted by atomic mass is 14.9. The van der Waals surface area contributed by atoms with Gasteiger partial charge in [-0.05, 0) is 18.9 Å². The van der Waals surface area contributed by atoms with E-state index in [9.17, 15) is 0 Å². The van der Waals surface area contributed by atoms with Gasteiger partial charge in [0.2, 0.25) is 0 Å². The number of hydrogen-bond acceptors (Lipinski definition) is 2. The van der Waals surface area contributed by atoms with Crippen molar-refractivity contribution in [3.05, 3.63) is 18.2 Å². The highest BCUT2D eigenvalue weighted by molar-refractivity contribution is 5.10. The molecule has 1 aliphatic rings. The summed E-state index contributed by atoms with van der Waals surface area (Å²) in [6.07, 6.45) is 4.87. The molecule has 2 rings (SSSR count). The maximum atomic E-state index is 5.49. The number of aromatic nitrogens is 2. The first kappa shape index (κ1) is 5.92. The van der Waals surface area contributed by atoms with Gasteiger partial charge >= 0.3 is 0 Å². The third-order valence-electron chi connectivity index (χ3n) is 2.10. The molecule has 0 radical (unpaired) electrons. The maximum absolute atomic E-state index is 5.49. The fourth-order valence-corrected chi connectivity index (χ4v) is 1.32. The van der Waals surface area contributed by atoms with Gasteiger partial charge in [-0.1, -0.05) is 0 Å². The van der Waals surface area contributed by atoms with Crippen LogP contribution in [0.25, 0.3) is 0 Å². The highest BCUT2D eigenvalue weighted by Crippen LogP contribution is 2.44. The van der Waals surface area contributed by atoms with Gasteiger partial charge in [0.05, 0.1) is 0 Å². The molecule has 1 aliphatic carbocycles. The summed E-state index contributed by atoms with van der Waals surface area (Å²) in [4.78, 5) is 7.26. The minimum absolute atomic E-state index is 0.625. The second-order valence-corrected chi connectivity index (χ2v) is 2.81. The van der Waals surface area contributed by atoms with Crippen LogP contribution in [-0.4, -0.2) is 16.5 Å². The summed E-state index contributed by atoms with van der Waals surface area (Å²) in [6, 6.07) is 0. The van der Waals surface area contributed by atoms with Crippen LogP contribution in [0.4, 0.5) is 0 Å². The number of nitrogens with one attached hydrogen (secondary N) is 1. The van der Waals surface area contributed by atoms with Crippen molar-refractivity contribution in [1.82, 2.24) is 9.97 Å². The normalized spacial score (nSPS) is 30.5. The number of rotatable bonds is 2. The predicted octanol–water partition coefficient (Wildman–Crippen LogP) is 0.472. The van der Waals surface area contributed by atoms with Gasteiger partial charge in [-0.15, -0.1) is 0 Å². The second kappa shape index (κ2) is 2.09. The fourth-order valence-electron chi connectivity index (χ4n) is 1.32. The Kier molecular flexibility index (Phi) is 1.24. The van der Waals surface area contributed by atoms with E-state index in [4.69, 9.17) is 5.73 Å². The summed E-state index contributed by atoms with van der Waals surface area (Å²) < 4.78 is 0. The Labute approximate surface area is 59.7 Å². The number of imidazole rings is 1. The zero-order valence-corrected chi connectivity index (χ0v) is 5.75. The molecule has 2 unspecified atom stereocenters. The Morgan fingerprint density at radius 2 is 2.70 bits per heavy atom.